The van der Waals surface area contributed by atoms with Gasteiger partial charge in [0.25, 0.3) is 0 Å². The van der Waals surface area contributed by atoms with Crippen LogP contribution in [0.3, 0.4) is 0 Å². The maximum Gasteiger partial charge on any atom is 0.316 e. The lowest BCUT2D eigenvalue weighted by Gasteiger charge is -2.37. The molecule has 0 spiro atoms. The van der Waals surface area contributed by atoms with E-state index in [0.717, 1.165) is 57.5 Å². The van der Waals surface area contributed by atoms with E-state index in [1.807, 2.05) is 32.0 Å². The predicted molar refractivity (Wildman–Crippen MR) is 154 cm³/mol. The van der Waals surface area contributed by atoms with Gasteiger partial charge in [0.05, 0.1) is 11.5 Å². The Hall–Kier alpha value is -3.11. The van der Waals surface area contributed by atoms with Crippen molar-refractivity contribution < 1.29 is 9.53 Å². The molecule has 1 atom stereocenters. The fourth-order valence-electron chi connectivity index (χ4n) is 5.51. The molecule has 0 amide bonds. The molecule has 0 saturated carbocycles. The lowest BCUT2D eigenvalue weighted by atomic mass is 9.74. The summed E-state index contributed by atoms with van der Waals surface area (Å²) in [5.41, 5.74) is 5.62. The summed E-state index contributed by atoms with van der Waals surface area (Å²) in [5, 5.41) is 0. The first kappa shape index (κ1) is 26.9. The van der Waals surface area contributed by atoms with Gasteiger partial charge in [0.2, 0.25) is 0 Å². The van der Waals surface area contributed by atoms with E-state index in [0.29, 0.717) is 0 Å². The molecular formula is C33H42N2O2. The van der Waals surface area contributed by atoms with Gasteiger partial charge in [-0.25, -0.2) is 0 Å². The van der Waals surface area contributed by atoms with Gasteiger partial charge in [0.15, 0.2) is 0 Å². The average Bonchev–Trinajstić information content (AvgIpc) is 2.92. The van der Waals surface area contributed by atoms with Crippen LogP contribution in [0.5, 0.6) is 0 Å². The number of anilines is 1. The minimum Gasteiger partial charge on any atom is -0.462 e. The molecule has 0 aliphatic carbocycles. The van der Waals surface area contributed by atoms with E-state index < -0.39 is 5.41 Å². The molecule has 4 rings (SSSR count). The number of hydrogen-bond acceptors (Lipinski definition) is 4. The second-order valence-corrected chi connectivity index (χ2v) is 10.6. The smallest absolute Gasteiger partial charge is 0.316 e. The Morgan fingerprint density at radius 1 is 0.892 bits per heavy atom. The third-order valence-corrected chi connectivity index (χ3v) is 7.68. The van der Waals surface area contributed by atoms with Gasteiger partial charge in [0.1, 0.15) is 0 Å². The average molecular weight is 499 g/mol. The molecule has 3 aromatic rings. The molecule has 1 unspecified atom stereocenters. The molecule has 0 aromatic heterocycles. The highest BCUT2D eigenvalue weighted by atomic mass is 16.5. The highest BCUT2D eigenvalue weighted by molar-refractivity contribution is 5.83. The van der Waals surface area contributed by atoms with Crippen molar-refractivity contribution in [3.8, 4) is 11.1 Å². The van der Waals surface area contributed by atoms with Crippen LogP contribution in [-0.2, 0) is 14.9 Å². The fourth-order valence-corrected chi connectivity index (χ4v) is 5.51. The van der Waals surface area contributed by atoms with Gasteiger partial charge in [-0.1, -0.05) is 79.2 Å². The van der Waals surface area contributed by atoms with E-state index in [1.54, 1.807) is 0 Å². The highest BCUT2D eigenvalue weighted by Crippen LogP contribution is 2.35. The molecular weight excluding hydrogens is 456 g/mol. The normalized spacial score (nSPS) is 16.0. The summed E-state index contributed by atoms with van der Waals surface area (Å²) in [4.78, 5) is 18.3. The van der Waals surface area contributed by atoms with Crippen molar-refractivity contribution in [1.82, 2.24) is 4.90 Å². The van der Waals surface area contributed by atoms with Crippen molar-refractivity contribution in [3.63, 3.8) is 0 Å². The van der Waals surface area contributed by atoms with Crippen LogP contribution in [0.25, 0.3) is 11.1 Å². The van der Waals surface area contributed by atoms with Crippen LogP contribution in [0.15, 0.2) is 78.9 Å². The van der Waals surface area contributed by atoms with Gasteiger partial charge in [-0.05, 0) is 75.4 Å². The van der Waals surface area contributed by atoms with Crippen molar-refractivity contribution in [2.45, 2.75) is 58.5 Å². The van der Waals surface area contributed by atoms with Crippen molar-refractivity contribution in [3.05, 3.63) is 90.0 Å². The summed E-state index contributed by atoms with van der Waals surface area (Å²) in [7, 11) is 0. The number of ether oxygens (including phenoxy) is 1. The molecule has 1 aliphatic rings. The molecule has 1 saturated heterocycles. The van der Waals surface area contributed by atoms with Gasteiger partial charge in [-0.3, -0.25) is 9.69 Å². The zero-order chi connectivity index (χ0) is 26.3. The van der Waals surface area contributed by atoms with E-state index >= 15 is 0 Å². The van der Waals surface area contributed by atoms with Crippen molar-refractivity contribution in [1.29, 1.82) is 0 Å². The Morgan fingerprint density at radius 3 is 2.22 bits per heavy atom. The lowest BCUT2D eigenvalue weighted by Crippen LogP contribution is -2.47. The predicted octanol–water partition coefficient (Wildman–Crippen LogP) is 6.86. The van der Waals surface area contributed by atoms with E-state index in [-0.39, 0.29) is 12.1 Å². The van der Waals surface area contributed by atoms with Crippen molar-refractivity contribution in [2.75, 3.05) is 37.6 Å². The number of aryl methyl sites for hydroxylation is 1. The van der Waals surface area contributed by atoms with Crippen molar-refractivity contribution >= 4 is 11.7 Å². The Balaban J connectivity index is 1.35. The monoisotopic (exact) mass is 498 g/mol. The SMILES string of the molecule is CCC(CCCN1CCN(c2cccc(-c3cccc(C)c3)c2)CC1)(C(=O)OC(C)C)c1ccccc1. The number of benzene rings is 3. The summed E-state index contributed by atoms with van der Waals surface area (Å²) in [6.45, 7) is 13.2. The van der Waals surface area contributed by atoms with Crippen LogP contribution in [-0.4, -0.2) is 49.7 Å². The molecule has 0 radical (unpaired) electrons. The molecule has 1 aliphatic heterocycles. The summed E-state index contributed by atoms with van der Waals surface area (Å²) >= 11 is 0. The Bertz CT molecular complexity index is 1150. The Labute approximate surface area is 223 Å². The largest absolute Gasteiger partial charge is 0.462 e. The van der Waals surface area contributed by atoms with Gasteiger partial charge in [0, 0.05) is 31.9 Å². The van der Waals surface area contributed by atoms with E-state index in [2.05, 4.69) is 84.3 Å². The minimum absolute atomic E-state index is 0.0884. The number of nitrogens with zero attached hydrogens (tertiary/aromatic N) is 2. The number of piperazine rings is 1. The maximum atomic E-state index is 13.3. The number of carbonyl (C=O) groups is 1. The first-order valence-corrected chi connectivity index (χ1v) is 13.8. The third kappa shape index (κ3) is 6.61. The van der Waals surface area contributed by atoms with Crippen LogP contribution in [0.1, 0.15) is 51.2 Å². The summed E-state index contributed by atoms with van der Waals surface area (Å²) in [5.74, 6) is -0.0884. The summed E-state index contributed by atoms with van der Waals surface area (Å²) in [6, 6.07) is 27.8. The van der Waals surface area contributed by atoms with Crippen LogP contribution >= 0.6 is 0 Å². The molecule has 1 fully saturated rings. The second kappa shape index (κ2) is 12.4. The topological polar surface area (TPSA) is 32.8 Å². The maximum absolute atomic E-state index is 13.3. The lowest BCUT2D eigenvalue weighted by molar-refractivity contribution is -0.155. The van der Waals surface area contributed by atoms with E-state index in [9.17, 15) is 4.79 Å². The first-order chi connectivity index (χ1) is 17.9. The van der Waals surface area contributed by atoms with Crippen LogP contribution in [0.2, 0.25) is 0 Å². The van der Waals surface area contributed by atoms with Crippen LogP contribution in [0, 0.1) is 6.92 Å². The molecule has 4 nitrogen and oxygen atoms in total. The number of esters is 1. The van der Waals surface area contributed by atoms with Gasteiger partial charge in [-0.2, -0.15) is 0 Å². The van der Waals surface area contributed by atoms with Crippen molar-refractivity contribution in [2.24, 2.45) is 0 Å². The molecule has 3 aromatic carbocycles. The minimum atomic E-state index is -0.580. The first-order valence-electron chi connectivity index (χ1n) is 13.8. The summed E-state index contributed by atoms with van der Waals surface area (Å²) in [6.07, 6.45) is 2.41. The van der Waals surface area contributed by atoms with Gasteiger partial charge >= 0.3 is 5.97 Å². The van der Waals surface area contributed by atoms with E-state index in [4.69, 9.17) is 4.74 Å². The molecule has 196 valence electrons. The quantitative estimate of drug-likeness (QED) is 0.286. The zero-order valence-corrected chi connectivity index (χ0v) is 23.0. The number of rotatable bonds is 10. The number of carbonyl (C=O) groups excluding carboxylic acids is 1. The molecule has 1 heterocycles. The fraction of sp³-hybridized carbons (Fsp3) is 0.424. The molecule has 4 heteroatoms. The zero-order valence-electron chi connectivity index (χ0n) is 23.0. The van der Waals surface area contributed by atoms with Gasteiger partial charge < -0.3 is 9.64 Å². The number of hydrogen-bond donors (Lipinski definition) is 0. The molecule has 0 bridgehead atoms. The third-order valence-electron chi connectivity index (χ3n) is 7.68. The second-order valence-electron chi connectivity index (χ2n) is 10.6. The Kier molecular flexibility index (Phi) is 9.04. The standard InChI is InChI=1S/C33H42N2O2/c1-5-33(32(36)37-26(2)3,30-15-7-6-8-16-30)18-11-19-34-20-22-35(23-21-34)31-17-10-14-29(25-31)28-13-9-12-27(4)24-28/h6-10,12-17,24-26H,5,11,18-23H2,1-4H3. The molecule has 0 N–H and O–H groups in total. The highest BCUT2D eigenvalue weighted by Gasteiger charge is 2.40. The molecule has 37 heavy (non-hydrogen) atoms. The Morgan fingerprint density at radius 2 is 1.57 bits per heavy atom. The van der Waals surface area contributed by atoms with Crippen LogP contribution < -0.4 is 4.90 Å². The van der Waals surface area contributed by atoms with Gasteiger partial charge in [-0.15, -0.1) is 0 Å². The van der Waals surface area contributed by atoms with E-state index in [1.165, 1.54) is 22.4 Å². The van der Waals surface area contributed by atoms with Crippen LogP contribution in [0.4, 0.5) is 5.69 Å². The summed E-state index contributed by atoms with van der Waals surface area (Å²) < 4.78 is 5.76.